The van der Waals surface area contributed by atoms with Crippen LogP contribution in [0.5, 0.6) is 0 Å². The smallest absolute Gasteiger partial charge is 0.0832 e. The summed E-state index contributed by atoms with van der Waals surface area (Å²) >= 11 is 0. The maximum Gasteiger partial charge on any atom is 0.0832 e. The molecule has 0 bridgehead atoms. The van der Waals surface area contributed by atoms with E-state index in [1.54, 1.807) is 0 Å². The Morgan fingerprint density at radius 2 is 2.31 bits per heavy atom. The number of aryl methyl sites for hydroxylation is 1. The number of hydrogen-bond donors (Lipinski definition) is 1. The second kappa shape index (κ2) is 5.18. The molecule has 86 valence electrons. The molecular formula is C13H18N2O. The highest BCUT2D eigenvalue weighted by atomic mass is 16.3. The molecule has 1 fully saturated rings. The van der Waals surface area contributed by atoms with Crippen LogP contribution in [0.4, 0.5) is 0 Å². The summed E-state index contributed by atoms with van der Waals surface area (Å²) in [5.41, 5.74) is 1.04. The van der Waals surface area contributed by atoms with Gasteiger partial charge in [-0.15, -0.1) is 0 Å². The first-order chi connectivity index (χ1) is 7.81. The largest absolute Gasteiger partial charge is 0.388 e. The van der Waals surface area contributed by atoms with Gasteiger partial charge in [0.15, 0.2) is 0 Å². The standard InChI is InChI=1S/C13H18N2O/c14-7-2-1-3-8-15-9-6-12(10-15)13(16)11-4-5-11/h6,9-11,13,16H,1-5,8H2. The number of nitrogens with zero attached hydrogens (tertiary/aromatic N) is 2. The van der Waals surface area contributed by atoms with E-state index in [-0.39, 0.29) is 6.10 Å². The molecule has 1 saturated carbocycles. The van der Waals surface area contributed by atoms with Gasteiger partial charge in [-0.3, -0.25) is 0 Å². The van der Waals surface area contributed by atoms with Crippen molar-refractivity contribution in [3.8, 4) is 6.07 Å². The molecule has 16 heavy (non-hydrogen) atoms. The lowest BCUT2D eigenvalue weighted by Gasteiger charge is -2.06. The van der Waals surface area contributed by atoms with Crippen molar-refractivity contribution in [3.63, 3.8) is 0 Å². The second-order valence-corrected chi connectivity index (χ2v) is 4.58. The molecule has 1 atom stereocenters. The third-order valence-electron chi connectivity index (χ3n) is 3.14. The minimum atomic E-state index is -0.264. The van der Waals surface area contributed by atoms with E-state index in [0.717, 1.165) is 37.8 Å². The zero-order chi connectivity index (χ0) is 11.4. The van der Waals surface area contributed by atoms with E-state index in [1.165, 1.54) is 0 Å². The van der Waals surface area contributed by atoms with Gasteiger partial charge >= 0.3 is 0 Å². The van der Waals surface area contributed by atoms with E-state index < -0.39 is 0 Å². The molecule has 1 heterocycles. The number of unbranched alkanes of at least 4 members (excludes halogenated alkanes) is 2. The van der Waals surface area contributed by atoms with Gasteiger partial charge in [-0.2, -0.15) is 5.26 Å². The third-order valence-corrected chi connectivity index (χ3v) is 3.14. The van der Waals surface area contributed by atoms with Gasteiger partial charge < -0.3 is 9.67 Å². The molecule has 1 aromatic rings. The lowest BCUT2D eigenvalue weighted by atomic mass is 10.1. The van der Waals surface area contributed by atoms with Crippen molar-refractivity contribution in [2.75, 3.05) is 0 Å². The van der Waals surface area contributed by atoms with Crippen molar-refractivity contribution in [1.82, 2.24) is 4.57 Å². The molecule has 0 aliphatic heterocycles. The van der Waals surface area contributed by atoms with E-state index >= 15 is 0 Å². The first-order valence-electron chi connectivity index (χ1n) is 6.02. The molecule has 0 radical (unpaired) electrons. The van der Waals surface area contributed by atoms with Gasteiger partial charge in [0.2, 0.25) is 0 Å². The van der Waals surface area contributed by atoms with Gasteiger partial charge in [-0.25, -0.2) is 0 Å². The summed E-state index contributed by atoms with van der Waals surface area (Å²) < 4.78 is 2.11. The predicted molar refractivity (Wildman–Crippen MR) is 61.6 cm³/mol. The summed E-state index contributed by atoms with van der Waals surface area (Å²) in [5.74, 6) is 0.495. The van der Waals surface area contributed by atoms with Crippen molar-refractivity contribution >= 4 is 0 Å². The zero-order valence-corrected chi connectivity index (χ0v) is 9.47. The summed E-state index contributed by atoms with van der Waals surface area (Å²) in [6, 6.07) is 4.16. The molecule has 3 heteroatoms. The third kappa shape index (κ3) is 2.86. The molecule has 1 aliphatic rings. The molecule has 0 amide bonds. The molecule has 1 N–H and O–H groups in total. The Labute approximate surface area is 96.3 Å². The van der Waals surface area contributed by atoms with Gasteiger partial charge in [-0.05, 0) is 43.2 Å². The number of nitriles is 1. The first-order valence-corrected chi connectivity index (χ1v) is 6.02. The Balaban J connectivity index is 1.80. The van der Waals surface area contributed by atoms with Crippen molar-refractivity contribution < 1.29 is 5.11 Å². The zero-order valence-electron chi connectivity index (χ0n) is 9.47. The van der Waals surface area contributed by atoms with Crippen molar-refractivity contribution in [3.05, 3.63) is 24.0 Å². The molecular weight excluding hydrogens is 200 g/mol. The molecule has 0 aromatic carbocycles. The monoisotopic (exact) mass is 218 g/mol. The SMILES string of the molecule is N#CCCCCn1ccc(C(O)C2CC2)c1. The highest BCUT2D eigenvalue weighted by Gasteiger charge is 2.30. The number of rotatable bonds is 6. The summed E-state index contributed by atoms with van der Waals surface area (Å²) in [7, 11) is 0. The molecule has 0 spiro atoms. The molecule has 3 nitrogen and oxygen atoms in total. The molecule has 0 saturated heterocycles. The number of aliphatic hydroxyl groups excluding tert-OH is 1. The van der Waals surface area contributed by atoms with Gasteiger partial charge in [-0.1, -0.05) is 0 Å². The normalized spacial score (nSPS) is 17.0. The van der Waals surface area contributed by atoms with Crippen molar-refractivity contribution in [2.45, 2.75) is 44.8 Å². The maximum atomic E-state index is 9.93. The Morgan fingerprint density at radius 1 is 1.50 bits per heavy atom. The van der Waals surface area contributed by atoms with Crippen LogP contribution in [0.2, 0.25) is 0 Å². The van der Waals surface area contributed by atoms with Gasteiger partial charge in [0.1, 0.15) is 0 Å². The predicted octanol–water partition coefficient (Wildman–Crippen LogP) is 2.63. The van der Waals surface area contributed by atoms with Gasteiger partial charge in [0.25, 0.3) is 0 Å². The molecule has 1 unspecified atom stereocenters. The van der Waals surface area contributed by atoms with E-state index in [0.29, 0.717) is 12.3 Å². The summed E-state index contributed by atoms with van der Waals surface area (Å²) in [5, 5.41) is 18.3. The number of aliphatic hydroxyl groups is 1. The van der Waals surface area contributed by atoms with Crippen LogP contribution in [-0.4, -0.2) is 9.67 Å². The lowest BCUT2D eigenvalue weighted by molar-refractivity contribution is 0.154. The minimum Gasteiger partial charge on any atom is -0.388 e. The molecule has 1 aromatic heterocycles. The fourth-order valence-electron chi connectivity index (χ4n) is 1.96. The van der Waals surface area contributed by atoms with E-state index in [4.69, 9.17) is 5.26 Å². The fourth-order valence-corrected chi connectivity index (χ4v) is 1.96. The first kappa shape index (κ1) is 11.2. The van der Waals surface area contributed by atoms with Gasteiger partial charge in [0.05, 0.1) is 12.2 Å². The fraction of sp³-hybridized carbons (Fsp3) is 0.615. The summed E-state index contributed by atoms with van der Waals surface area (Å²) in [4.78, 5) is 0. The molecule has 2 rings (SSSR count). The minimum absolute atomic E-state index is 0.264. The second-order valence-electron chi connectivity index (χ2n) is 4.58. The number of aromatic nitrogens is 1. The van der Waals surface area contributed by atoms with Crippen LogP contribution < -0.4 is 0 Å². The van der Waals surface area contributed by atoms with Crippen LogP contribution in [-0.2, 0) is 6.54 Å². The van der Waals surface area contributed by atoms with Crippen LogP contribution in [0.25, 0.3) is 0 Å². The van der Waals surface area contributed by atoms with E-state index in [9.17, 15) is 5.11 Å². The summed E-state index contributed by atoms with van der Waals surface area (Å²) in [6.07, 6.45) is 8.74. The van der Waals surface area contributed by atoms with Crippen LogP contribution in [0, 0.1) is 17.2 Å². The van der Waals surface area contributed by atoms with E-state index in [1.807, 2.05) is 18.5 Å². The average Bonchev–Trinajstić information content (AvgIpc) is 3.03. The molecule has 1 aliphatic carbocycles. The Kier molecular flexibility index (Phi) is 3.63. The van der Waals surface area contributed by atoms with Crippen LogP contribution >= 0.6 is 0 Å². The Hall–Kier alpha value is -1.27. The quantitative estimate of drug-likeness (QED) is 0.746. The average molecular weight is 218 g/mol. The van der Waals surface area contributed by atoms with Crippen LogP contribution in [0.15, 0.2) is 18.5 Å². The lowest BCUT2D eigenvalue weighted by Crippen LogP contribution is -1.99. The highest BCUT2D eigenvalue weighted by molar-refractivity contribution is 5.16. The topological polar surface area (TPSA) is 49.0 Å². The van der Waals surface area contributed by atoms with Crippen LogP contribution in [0.1, 0.15) is 43.8 Å². The summed E-state index contributed by atoms with van der Waals surface area (Å²) in [6.45, 7) is 0.944. The van der Waals surface area contributed by atoms with Crippen LogP contribution in [0.3, 0.4) is 0 Å². The number of hydrogen-bond acceptors (Lipinski definition) is 2. The van der Waals surface area contributed by atoms with Gasteiger partial charge in [0, 0.05) is 25.4 Å². The Morgan fingerprint density at radius 3 is 3.00 bits per heavy atom. The Bertz CT molecular complexity index is 374. The van der Waals surface area contributed by atoms with Crippen molar-refractivity contribution in [2.24, 2.45) is 5.92 Å². The van der Waals surface area contributed by atoms with E-state index in [2.05, 4.69) is 10.6 Å². The maximum absolute atomic E-state index is 9.93. The highest BCUT2D eigenvalue weighted by Crippen LogP contribution is 2.40. The van der Waals surface area contributed by atoms with Crippen molar-refractivity contribution in [1.29, 1.82) is 5.26 Å².